The lowest BCUT2D eigenvalue weighted by molar-refractivity contribution is -0.151. The van der Waals surface area contributed by atoms with Crippen molar-refractivity contribution in [2.45, 2.75) is 70.4 Å². The Hall–Kier alpha value is -2.60. The van der Waals surface area contributed by atoms with Crippen LogP contribution in [-0.2, 0) is 21.5 Å². The molecule has 0 radical (unpaired) electrons. The lowest BCUT2D eigenvalue weighted by Gasteiger charge is -2.48. The van der Waals surface area contributed by atoms with Crippen LogP contribution in [0.15, 0.2) is 36.9 Å². The van der Waals surface area contributed by atoms with E-state index < -0.39 is 22.5 Å². The first-order valence-corrected chi connectivity index (χ1v) is 14.7. The fourth-order valence-corrected chi connectivity index (χ4v) is 10.8. The molecule has 39 heavy (non-hydrogen) atoms. The maximum absolute atomic E-state index is 15.0. The lowest BCUT2D eigenvalue weighted by atomic mass is 9.56. The molecule has 2 heterocycles. The second-order valence-electron chi connectivity index (χ2n) is 13.7. The monoisotopic (exact) mass is 531 g/mol. The third-order valence-corrected chi connectivity index (χ3v) is 12.7. The summed E-state index contributed by atoms with van der Waals surface area (Å²) in [5.41, 5.74) is -0.110. The second-order valence-corrected chi connectivity index (χ2v) is 13.7. The fraction of sp³-hybridized carbons (Fsp3) is 0.636. The van der Waals surface area contributed by atoms with Gasteiger partial charge in [0.25, 0.3) is 0 Å². The van der Waals surface area contributed by atoms with Gasteiger partial charge < -0.3 is 19.5 Å². The van der Waals surface area contributed by atoms with E-state index in [1.165, 1.54) is 0 Å². The molecule has 1 amide bonds. The van der Waals surface area contributed by atoms with Gasteiger partial charge in [-0.05, 0) is 85.0 Å². The van der Waals surface area contributed by atoms with Gasteiger partial charge in [-0.1, -0.05) is 32.1 Å². The number of amides is 1. The molecule has 4 fully saturated rings. The zero-order valence-electron chi connectivity index (χ0n) is 23.7. The summed E-state index contributed by atoms with van der Waals surface area (Å²) in [6.07, 6.45) is 10.9. The highest BCUT2D eigenvalue weighted by atomic mass is 16.5. The number of hydrogen-bond donors (Lipinski definition) is 1. The molecular weight excluding hydrogens is 490 g/mol. The summed E-state index contributed by atoms with van der Waals surface area (Å²) in [5.74, 6) is 1.68. The molecule has 6 aliphatic rings. The van der Waals surface area contributed by atoms with E-state index in [1.807, 2.05) is 11.0 Å². The highest BCUT2D eigenvalue weighted by Gasteiger charge is 2.78. The number of aliphatic hydroxyl groups is 1. The first kappa shape index (κ1) is 25.4. The average Bonchev–Trinajstić information content (AvgIpc) is 3.67. The van der Waals surface area contributed by atoms with Crippen molar-refractivity contribution >= 4 is 11.7 Å². The minimum Gasteiger partial charge on any atom is -0.493 e. The first-order valence-electron chi connectivity index (χ1n) is 14.7. The molecule has 8 atom stereocenters. The number of nitrogens with zero attached hydrogens (tertiary/aromatic N) is 1. The number of hydrogen-bond acceptors (Lipinski definition) is 5. The summed E-state index contributed by atoms with van der Waals surface area (Å²) in [7, 11) is 3.29. The zero-order valence-corrected chi connectivity index (χ0v) is 23.7. The van der Waals surface area contributed by atoms with Crippen molar-refractivity contribution in [3.63, 3.8) is 0 Å². The van der Waals surface area contributed by atoms with Gasteiger partial charge in [-0.2, -0.15) is 0 Å². The maximum Gasteiger partial charge on any atom is 0.238 e. The molecule has 7 rings (SSSR count). The number of methoxy groups -OCH3 is 2. The summed E-state index contributed by atoms with van der Waals surface area (Å²) in [6, 6.07) is 4.11. The number of ketones is 1. The Morgan fingerprint density at radius 1 is 1.18 bits per heavy atom. The normalized spacial score (nSPS) is 41.9. The van der Waals surface area contributed by atoms with Crippen molar-refractivity contribution in [2.24, 2.45) is 39.9 Å². The summed E-state index contributed by atoms with van der Waals surface area (Å²) in [6.45, 7) is 9.18. The largest absolute Gasteiger partial charge is 0.493 e. The van der Waals surface area contributed by atoms with Crippen LogP contribution in [0.2, 0.25) is 0 Å². The van der Waals surface area contributed by atoms with Crippen LogP contribution in [-0.4, -0.2) is 48.6 Å². The predicted molar refractivity (Wildman–Crippen MR) is 147 cm³/mol. The van der Waals surface area contributed by atoms with Crippen molar-refractivity contribution in [3.8, 4) is 11.5 Å². The van der Waals surface area contributed by atoms with Gasteiger partial charge in [0.05, 0.1) is 25.9 Å². The number of Topliss-reactive ketones (excluding diaryl/α,β-unsaturated/α-hetero) is 1. The molecule has 6 nitrogen and oxygen atoms in total. The zero-order chi connectivity index (χ0) is 27.5. The number of aliphatic hydroxyl groups excluding tert-OH is 1. The van der Waals surface area contributed by atoms with Crippen molar-refractivity contribution in [3.05, 3.63) is 48.1 Å². The van der Waals surface area contributed by atoms with Gasteiger partial charge in [0.2, 0.25) is 5.91 Å². The van der Waals surface area contributed by atoms with Crippen molar-refractivity contribution in [1.82, 2.24) is 4.90 Å². The van der Waals surface area contributed by atoms with E-state index in [-0.39, 0.29) is 41.3 Å². The lowest BCUT2D eigenvalue weighted by Crippen LogP contribution is -2.52. The Balaban J connectivity index is 1.41. The summed E-state index contributed by atoms with van der Waals surface area (Å²) in [5, 5.41) is 11.3. The van der Waals surface area contributed by atoms with Crippen LogP contribution in [0.5, 0.6) is 11.5 Å². The number of carbonyl (C=O) groups excluding carboxylic acids is 2. The predicted octanol–water partition coefficient (Wildman–Crippen LogP) is 4.83. The number of allylic oxidation sites excluding steroid dienone is 2. The van der Waals surface area contributed by atoms with Crippen LogP contribution in [0.25, 0.3) is 0 Å². The van der Waals surface area contributed by atoms with Crippen LogP contribution in [0.1, 0.15) is 63.5 Å². The second kappa shape index (κ2) is 7.99. The van der Waals surface area contributed by atoms with Crippen LogP contribution < -0.4 is 9.47 Å². The first-order chi connectivity index (χ1) is 18.6. The topological polar surface area (TPSA) is 76.1 Å². The van der Waals surface area contributed by atoms with Gasteiger partial charge in [-0.15, -0.1) is 6.58 Å². The van der Waals surface area contributed by atoms with Crippen LogP contribution in [0.3, 0.4) is 0 Å². The Labute approximate surface area is 231 Å². The number of rotatable bonds is 7. The quantitative estimate of drug-likeness (QED) is 0.403. The Morgan fingerprint density at radius 2 is 1.92 bits per heavy atom. The van der Waals surface area contributed by atoms with E-state index in [0.717, 1.165) is 36.8 Å². The van der Waals surface area contributed by atoms with Gasteiger partial charge in [0, 0.05) is 24.3 Å². The third-order valence-electron chi connectivity index (χ3n) is 12.7. The van der Waals surface area contributed by atoms with Gasteiger partial charge in [0.1, 0.15) is 11.2 Å². The van der Waals surface area contributed by atoms with Crippen LogP contribution >= 0.6 is 0 Å². The molecule has 3 saturated carbocycles. The molecule has 0 spiro atoms. The molecule has 208 valence electrons. The smallest absolute Gasteiger partial charge is 0.238 e. The number of fused-ring (bicyclic) bond motifs is 11. The molecule has 2 aliphatic heterocycles. The Kier molecular flexibility index (Phi) is 5.20. The van der Waals surface area contributed by atoms with Gasteiger partial charge in [-0.25, -0.2) is 0 Å². The maximum atomic E-state index is 15.0. The van der Waals surface area contributed by atoms with E-state index in [0.29, 0.717) is 36.8 Å². The summed E-state index contributed by atoms with van der Waals surface area (Å²) in [4.78, 5) is 31.9. The van der Waals surface area contributed by atoms with E-state index in [2.05, 4.69) is 44.7 Å². The number of ether oxygens (including phenoxy) is 2. The van der Waals surface area contributed by atoms with Crippen molar-refractivity contribution in [1.29, 1.82) is 0 Å². The number of benzene rings is 1. The standard InChI is InChI=1S/C33H41NO5/c1-6-11-32-23-17-25(39-5)24(38-4)15-19(23)10-13-34(32)29(37)33(22-8-7-20(14-22)28(32)33)27(36)18-31-12-9-21(16-26(31)35)30(31,2)3/h6-8,15,17,20-22,26,28,35H,1,9-14,16,18H2,2-5H3/t20-,21-,22+,26-,28+,31-,32-,33-/m1/s1. The molecule has 1 aromatic rings. The highest BCUT2D eigenvalue weighted by Crippen LogP contribution is 2.73. The molecule has 0 aromatic heterocycles. The van der Waals surface area contributed by atoms with Crippen LogP contribution in [0.4, 0.5) is 0 Å². The van der Waals surface area contributed by atoms with Gasteiger partial charge in [0.15, 0.2) is 11.5 Å². The Morgan fingerprint density at radius 3 is 2.56 bits per heavy atom. The molecule has 6 heteroatoms. The molecule has 4 bridgehead atoms. The minimum absolute atomic E-state index is 0.00660. The van der Waals surface area contributed by atoms with E-state index >= 15 is 0 Å². The molecular formula is C33H41NO5. The van der Waals surface area contributed by atoms with Crippen molar-refractivity contribution in [2.75, 3.05) is 20.8 Å². The van der Waals surface area contributed by atoms with E-state index in [9.17, 15) is 14.7 Å². The van der Waals surface area contributed by atoms with E-state index in [1.54, 1.807) is 14.2 Å². The highest BCUT2D eigenvalue weighted by molar-refractivity contribution is 6.10. The Bertz CT molecular complexity index is 1320. The van der Waals surface area contributed by atoms with Crippen LogP contribution in [0, 0.1) is 39.9 Å². The van der Waals surface area contributed by atoms with E-state index in [4.69, 9.17) is 9.47 Å². The third kappa shape index (κ3) is 2.68. The van der Waals surface area contributed by atoms with Gasteiger partial charge >= 0.3 is 0 Å². The molecule has 0 unspecified atom stereocenters. The minimum atomic E-state index is -1.09. The van der Waals surface area contributed by atoms with Gasteiger partial charge in [-0.3, -0.25) is 9.59 Å². The number of carbonyl (C=O) groups is 2. The molecule has 1 aromatic carbocycles. The molecule has 1 saturated heterocycles. The summed E-state index contributed by atoms with van der Waals surface area (Å²) < 4.78 is 11.4. The molecule has 1 N–H and O–H groups in total. The average molecular weight is 532 g/mol. The van der Waals surface area contributed by atoms with Crippen molar-refractivity contribution < 1.29 is 24.2 Å². The SMILES string of the molecule is C=CC[C@]12c3cc(OC)c(OC)cc3CCN1C(=O)[C@]1(C(=O)C[C@]34CC[C@H](C[C@H]3O)C4(C)C)[C@H]2[C@@H]2C=C[C@H]1C2. The summed E-state index contributed by atoms with van der Waals surface area (Å²) >= 11 is 0. The molecule has 4 aliphatic carbocycles. The fourth-order valence-electron chi connectivity index (χ4n) is 10.8.